The molecule has 0 spiro atoms. The van der Waals surface area contributed by atoms with E-state index in [1.165, 1.54) is 63.8 Å². The smallest absolute Gasteiger partial charge is 0.122 e. The average molecular weight is 289 g/mol. The molecule has 2 saturated heterocycles. The molecule has 0 radical (unpaired) electrons. The summed E-state index contributed by atoms with van der Waals surface area (Å²) in [6, 6.07) is 3.70. The molecule has 1 aliphatic carbocycles. The van der Waals surface area contributed by atoms with Crippen molar-refractivity contribution in [1.29, 1.82) is 0 Å². The first kappa shape index (κ1) is 13.8. The van der Waals surface area contributed by atoms with Gasteiger partial charge in [0.15, 0.2) is 0 Å². The molecular weight excluding hydrogens is 262 g/mol. The van der Waals surface area contributed by atoms with Gasteiger partial charge in [-0.1, -0.05) is 0 Å². The molecule has 1 N–H and O–H groups in total. The van der Waals surface area contributed by atoms with Gasteiger partial charge in [-0.05, 0) is 51.3 Å². The highest BCUT2D eigenvalue weighted by Crippen LogP contribution is 2.24. The summed E-state index contributed by atoms with van der Waals surface area (Å²) in [5.74, 6) is 1.14. The van der Waals surface area contributed by atoms with Gasteiger partial charge in [0.05, 0.1) is 12.8 Å². The molecule has 1 aromatic heterocycles. The molecule has 4 nitrogen and oxygen atoms in total. The van der Waals surface area contributed by atoms with E-state index in [1.54, 1.807) is 0 Å². The van der Waals surface area contributed by atoms with Crippen LogP contribution in [0.15, 0.2) is 16.7 Å². The lowest BCUT2D eigenvalue weighted by Gasteiger charge is -2.23. The molecule has 0 amide bonds. The van der Waals surface area contributed by atoms with Crippen LogP contribution in [0.3, 0.4) is 0 Å². The van der Waals surface area contributed by atoms with Crippen LogP contribution in [0.25, 0.3) is 0 Å². The van der Waals surface area contributed by atoms with Crippen LogP contribution in [0.2, 0.25) is 0 Å². The quantitative estimate of drug-likeness (QED) is 0.870. The predicted octanol–water partition coefficient (Wildman–Crippen LogP) is 2.20. The van der Waals surface area contributed by atoms with Crippen molar-refractivity contribution < 1.29 is 4.42 Å². The second-order valence-electron chi connectivity index (χ2n) is 6.94. The first-order chi connectivity index (χ1) is 10.4. The summed E-state index contributed by atoms with van der Waals surface area (Å²) >= 11 is 0. The highest BCUT2D eigenvalue weighted by atomic mass is 16.3. The molecule has 3 aliphatic rings. The van der Waals surface area contributed by atoms with Gasteiger partial charge in [0, 0.05) is 37.3 Å². The molecule has 4 rings (SSSR count). The maximum Gasteiger partial charge on any atom is 0.122 e. The van der Waals surface area contributed by atoms with Gasteiger partial charge in [0.2, 0.25) is 0 Å². The zero-order chi connectivity index (χ0) is 14.1. The SMILES string of the molecule is c1cc(CN2CCC(N3CCCC3)C2)c(CNC2CC2)o1. The fraction of sp³-hybridized carbons (Fsp3) is 0.765. The van der Waals surface area contributed by atoms with Gasteiger partial charge in [-0.3, -0.25) is 9.80 Å². The van der Waals surface area contributed by atoms with Crippen molar-refractivity contribution in [3.05, 3.63) is 23.7 Å². The standard InChI is InChI=1S/C17H27N3O/c1-2-8-20(7-1)16-5-9-19(13-16)12-14-6-10-21-17(14)11-18-15-3-4-15/h6,10,15-16,18H,1-5,7-9,11-13H2. The van der Waals surface area contributed by atoms with E-state index < -0.39 is 0 Å². The van der Waals surface area contributed by atoms with Gasteiger partial charge in [-0.15, -0.1) is 0 Å². The summed E-state index contributed by atoms with van der Waals surface area (Å²) in [6.07, 6.45) is 8.66. The highest BCUT2D eigenvalue weighted by molar-refractivity contribution is 5.17. The third kappa shape index (κ3) is 3.33. The molecule has 1 saturated carbocycles. The summed E-state index contributed by atoms with van der Waals surface area (Å²) < 4.78 is 5.68. The summed E-state index contributed by atoms with van der Waals surface area (Å²) in [6.45, 7) is 7.07. The highest BCUT2D eigenvalue weighted by Gasteiger charge is 2.29. The number of nitrogens with one attached hydrogen (secondary N) is 1. The van der Waals surface area contributed by atoms with E-state index in [-0.39, 0.29) is 0 Å². The van der Waals surface area contributed by atoms with E-state index >= 15 is 0 Å². The van der Waals surface area contributed by atoms with Crippen LogP contribution in [-0.4, -0.2) is 48.1 Å². The molecule has 0 bridgehead atoms. The maximum atomic E-state index is 5.68. The Labute approximate surface area is 127 Å². The Morgan fingerprint density at radius 2 is 2.00 bits per heavy atom. The maximum absolute atomic E-state index is 5.68. The van der Waals surface area contributed by atoms with Crippen LogP contribution in [0.1, 0.15) is 43.4 Å². The minimum atomic E-state index is 0.745. The van der Waals surface area contributed by atoms with Crippen molar-refractivity contribution in [3.63, 3.8) is 0 Å². The topological polar surface area (TPSA) is 31.6 Å². The molecule has 0 aromatic carbocycles. The van der Waals surface area contributed by atoms with E-state index in [2.05, 4.69) is 21.2 Å². The van der Waals surface area contributed by atoms with Gasteiger partial charge in [-0.25, -0.2) is 0 Å². The molecule has 3 heterocycles. The third-order valence-corrected chi connectivity index (χ3v) is 5.26. The van der Waals surface area contributed by atoms with E-state index in [0.29, 0.717) is 0 Å². The van der Waals surface area contributed by atoms with Gasteiger partial charge in [0.1, 0.15) is 5.76 Å². The Hall–Kier alpha value is -0.840. The number of rotatable bonds is 6. The molecule has 116 valence electrons. The number of nitrogens with zero attached hydrogens (tertiary/aromatic N) is 2. The molecule has 1 unspecified atom stereocenters. The monoisotopic (exact) mass is 289 g/mol. The first-order valence-corrected chi connectivity index (χ1v) is 8.63. The summed E-state index contributed by atoms with van der Waals surface area (Å²) in [4.78, 5) is 5.30. The summed E-state index contributed by atoms with van der Waals surface area (Å²) in [5.41, 5.74) is 1.38. The Morgan fingerprint density at radius 3 is 2.81 bits per heavy atom. The largest absolute Gasteiger partial charge is 0.468 e. The second kappa shape index (κ2) is 6.11. The molecule has 3 fully saturated rings. The fourth-order valence-corrected chi connectivity index (χ4v) is 3.79. The average Bonchev–Trinajstić information content (AvgIpc) is 2.93. The minimum Gasteiger partial charge on any atom is -0.468 e. The second-order valence-corrected chi connectivity index (χ2v) is 6.94. The van der Waals surface area contributed by atoms with E-state index in [0.717, 1.165) is 30.9 Å². The van der Waals surface area contributed by atoms with Crippen molar-refractivity contribution in [2.45, 2.75) is 57.3 Å². The number of hydrogen-bond donors (Lipinski definition) is 1. The van der Waals surface area contributed by atoms with E-state index in [9.17, 15) is 0 Å². The van der Waals surface area contributed by atoms with Crippen LogP contribution in [0.4, 0.5) is 0 Å². The predicted molar refractivity (Wildman–Crippen MR) is 83.1 cm³/mol. The van der Waals surface area contributed by atoms with Crippen molar-refractivity contribution >= 4 is 0 Å². The first-order valence-electron chi connectivity index (χ1n) is 8.63. The molecular formula is C17H27N3O. The van der Waals surface area contributed by atoms with Crippen LogP contribution in [0.5, 0.6) is 0 Å². The Balaban J connectivity index is 1.30. The van der Waals surface area contributed by atoms with Gasteiger partial charge in [-0.2, -0.15) is 0 Å². The fourth-order valence-electron chi connectivity index (χ4n) is 3.79. The zero-order valence-electron chi connectivity index (χ0n) is 12.9. The molecule has 21 heavy (non-hydrogen) atoms. The third-order valence-electron chi connectivity index (χ3n) is 5.26. The van der Waals surface area contributed by atoms with Gasteiger partial charge in [0.25, 0.3) is 0 Å². The lowest BCUT2D eigenvalue weighted by molar-refractivity contribution is 0.229. The zero-order valence-corrected chi connectivity index (χ0v) is 12.9. The van der Waals surface area contributed by atoms with Crippen LogP contribution in [0, 0.1) is 0 Å². The molecule has 2 aliphatic heterocycles. The van der Waals surface area contributed by atoms with Crippen molar-refractivity contribution in [1.82, 2.24) is 15.1 Å². The van der Waals surface area contributed by atoms with Crippen molar-refractivity contribution in [2.24, 2.45) is 0 Å². The van der Waals surface area contributed by atoms with Crippen molar-refractivity contribution in [2.75, 3.05) is 26.2 Å². The number of hydrogen-bond acceptors (Lipinski definition) is 4. The molecule has 1 aromatic rings. The van der Waals surface area contributed by atoms with E-state index in [1.807, 2.05) is 6.26 Å². The Kier molecular flexibility index (Phi) is 4.01. The van der Waals surface area contributed by atoms with Crippen molar-refractivity contribution in [3.8, 4) is 0 Å². The summed E-state index contributed by atoms with van der Waals surface area (Å²) in [5, 5.41) is 3.56. The lowest BCUT2D eigenvalue weighted by atomic mass is 10.2. The Bertz CT molecular complexity index is 462. The van der Waals surface area contributed by atoms with E-state index in [4.69, 9.17) is 4.42 Å². The van der Waals surface area contributed by atoms with Crippen LogP contribution >= 0.6 is 0 Å². The summed E-state index contributed by atoms with van der Waals surface area (Å²) in [7, 11) is 0. The minimum absolute atomic E-state index is 0.745. The van der Waals surface area contributed by atoms with Gasteiger partial charge >= 0.3 is 0 Å². The lowest BCUT2D eigenvalue weighted by Crippen LogP contribution is -2.35. The number of furan rings is 1. The van der Waals surface area contributed by atoms with Gasteiger partial charge < -0.3 is 9.73 Å². The molecule has 4 heteroatoms. The molecule has 1 atom stereocenters. The number of likely N-dealkylation sites (tertiary alicyclic amines) is 2. The van der Waals surface area contributed by atoms with Crippen LogP contribution in [-0.2, 0) is 13.1 Å². The Morgan fingerprint density at radius 1 is 1.14 bits per heavy atom. The van der Waals surface area contributed by atoms with Crippen LogP contribution < -0.4 is 5.32 Å². The normalized spacial score (nSPS) is 27.7.